The van der Waals surface area contributed by atoms with Crippen molar-refractivity contribution in [2.45, 2.75) is 4.90 Å². The first-order chi connectivity index (χ1) is 9.29. The van der Waals surface area contributed by atoms with Crippen LogP contribution < -0.4 is 4.72 Å². The third-order valence-electron chi connectivity index (χ3n) is 2.38. The molecule has 0 heterocycles. The summed E-state index contributed by atoms with van der Waals surface area (Å²) < 4.78 is 40.8. The molecule has 0 aliphatic heterocycles. The molecule has 2 aromatic carbocycles. The topological polar surface area (TPSA) is 46.2 Å². The quantitative estimate of drug-likeness (QED) is 0.741. The van der Waals surface area contributed by atoms with E-state index in [1.54, 1.807) is 12.1 Å². The summed E-state index contributed by atoms with van der Waals surface area (Å²) >= 11 is 12.0. The van der Waals surface area contributed by atoms with E-state index in [2.05, 4.69) is 36.6 Å². The Balaban J connectivity index is 2.38. The van der Waals surface area contributed by atoms with E-state index >= 15 is 0 Å². The lowest BCUT2D eigenvalue weighted by molar-refractivity contribution is 0.593. The van der Waals surface area contributed by atoms with Crippen molar-refractivity contribution >= 4 is 59.2 Å². The Labute approximate surface area is 137 Å². The van der Waals surface area contributed by atoms with Crippen LogP contribution in [0.4, 0.5) is 10.1 Å². The number of halogens is 4. The van der Waals surface area contributed by atoms with Crippen molar-refractivity contribution < 1.29 is 12.8 Å². The van der Waals surface area contributed by atoms with E-state index in [1.165, 1.54) is 18.2 Å². The molecule has 0 fully saturated rings. The van der Waals surface area contributed by atoms with E-state index in [9.17, 15) is 12.8 Å². The summed E-state index contributed by atoms with van der Waals surface area (Å²) in [5.41, 5.74) is 0.317. The molecule has 20 heavy (non-hydrogen) atoms. The number of sulfonamides is 1. The van der Waals surface area contributed by atoms with Crippen molar-refractivity contribution in [1.29, 1.82) is 0 Å². The van der Waals surface area contributed by atoms with E-state index in [-0.39, 0.29) is 9.37 Å². The molecule has 3 nitrogen and oxygen atoms in total. The molecule has 0 saturated heterocycles. The maximum Gasteiger partial charge on any atom is 0.262 e. The second-order valence-electron chi connectivity index (χ2n) is 3.81. The summed E-state index contributed by atoms with van der Waals surface area (Å²) in [7, 11) is -3.87. The van der Waals surface area contributed by atoms with Crippen LogP contribution in [-0.2, 0) is 10.0 Å². The van der Waals surface area contributed by atoms with Gasteiger partial charge in [-0.05, 0) is 68.3 Å². The Morgan fingerprint density at radius 2 is 1.75 bits per heavy atom. The molecule has 0 unspecified atom stereocenters. The second-order valence-corrected chi connectivity index (χ2v) is 7.63. The van der Waals surface area contributed by atoms with Crippen LogP contribution in [-0.4, -0.2) is 8.42 Å². The third-order valence-corrected chi connectivity index (χ3v) is 5.27. The van der Waals surface area contributed by atoms with Crippen molar-refractivity contribution in [2.75, 3.05) is 4.72 Å². The van der Waals surface area contributed by atoms with Crippen molar-refractivity contribution in [3.05, 3.63) is 56.2 Å². The fourth-order valence-electron chi connectivity index (χ4n) is 1.42. The average molecular weight is 444 g/mol. The van der Waals surface area contributed by atoms with Crippen molar-refractivity contribution in [1.82, 2.24) is 0 Å². The molecule has 2 aromatic rings. The zero-order valence-electron chi connectivity index (χ0n) is 9.70. The molecule has 0 bridgehead atoms. The van der Waals surface area contributed by atoms with Gasteiger partial charge in [0.05, 0.1) is 15.1 Å². The van der Waals surface area contributed by atoms with E-state index in [0.717, 1.165) is 6.07 Å². The molecule has 0 atom stereocenters. The van der Waals surface area contributed by atoms with Crippen LogP contribution in [0.15, 0.2) is 50.2 Å². The number of rotatable bonds is 3. The highest BCUT2D eigenvalue weighted by molar-refractivity contribution is 9.10. The summed E-state index contributed by atoms with van der Waals surface area (Å²) in [4.78, 5) is -0.167. The SMILES string of the molecule is O=S(=O)(Nc1ccc(Cl)cc1Br)c1ccc(Br)c(F)c1. The lowest BCUT2D eigenvalue weighted by Crippen LogP contribution is -2.13. The monoisotopic (exact) mass is 441 g/mol. The molecular weight excluding hydrogens is 436 g/mol. The number of hydrogen-bond acceptors (Lipinski definition) is 2. The minimum absolute atomic E-state index is 0.167. The molecule has 0 saturated carbocycles. The predicted octanol–water partition coefficient (Wildman–Crippen LogP) is 4.80. The van der Waals surface area contributed by atoms with Gasteiger partial charge in [0, 0.05) is 9.50 Å². The molecule has 0 amide bonds. The zero-order valence-corrected chi connectivity index (χ0v) is 14.4. The molecule has 2 rings (SSSR count). The number of hydrogen-bond donors (Lipinski definition) is 1. The van der Waals surface area contributed by atoms with Crippen LogP contribution >= 0.6 is 43.5 Å². The van der Waals surface area contributed by atoms with Crippen LogP contribution in [0, 0.1) is 5.82 Å². The van der Waals surface area contributed by atoms with Crippen LogP contribution in [0.1, 0.15) is 0 Å². The van der Waals surface area contributed by atoms with Gasteiger partial charge in [-0.25, -0.2) is 12.8 Å². The Morgan fingerprint density at radius 1 is 1.05 bits per heavy atom. The Kier molecular flexibility index (Phi) is 4.73. The minimum Gasteiger partial charge on any atom is -0.278 e. The summed E-state index contributed by atoms with van der Waals surface area (Å²) in [6.45, 7) is 0. The first-order valence-electron chi connectivity index (χ1n) is 5.22. The molecule has 106 valence electrons. The number of nitrogens with one attached hydrogen (secondary N) is 1. The van der Waals surface area contributed by atoms with E-state index in [4.69, 9.17) is 11.6 Å². The molecular formula is C12H7Br2ClFNO2S. The van der Waals surface area contributed by atoms with Crippen LogP contribution in [0.3, 0.4) is 0 Å². The Bertz CT molecular complexity index is 768. The van der Waals surface area contributed by atoms with Gasteiger partial charge in [-0.15, -0.1) is 0 Å². The summed E-state index contributed by atoms with van der Waals surface area (Å²) in [6, 6.07) is 8.20. The summed E-state index contributed by atoms with van der Waals surface area (Å²) in [5.74, 6) is -0.650. The standard InChI is InChI=1S/C12H7Br2ClFNO2S/c13-9-3-2-8(6-11(9)16)20(18,19)17-12-4-1-7(15)5-10(12)14/h1-6,17H. The predicted molar refractivity (Wildman–Crippen MR) is 84.1 cm³/mol. The largest absolute Gasteiger partial charge is 0.278 e. The summed E-state index contributed by atoms with van der Waals surface area (Å²) in [6.07, 6.45) is 0. The maximum absolute atomic E-state index is 13.4. The lowest BCUT2D eigenvalue weighted by atomic mass is 10.3. The number of anilines is 1. The molecule has 0 spiro atoms. The van der Waals surface area contributed by atoms with Gasteiger partial charge >= 0.3 is 0 Å². The van der Waals surface area contributed by atoms with Gasteiger partial charge in [-0.1, -0.05) is 11.6 Å². The van der Waals surface area contributed by atoms with Gasteiger partial charge in [0.1, 0.15) is 5.82 Å². The highest BCUT2D eigenvalue weighted by Crippen LogP contribution is 2.28. The van der Waals surface area contributed by atoms with Gasteiger partial charge in [0.2, 0.25) is 0 Å². The molecule has 0 radical (unpaired) electrons. The van der Waals surface area contributed by atoms with Gasteiger partial charge in [0.15, 0.2) is 0 Å². The van der Waals surface area contributed by atoms with Crippen LogP contribution in [0.2, 0.25) is 5.02 Å². The van der Waals surface area contributed by atoms with Gasteiger partial charge in [0.25, 0.3) is 10.0 Å². The molecule has 0 aliphatic rings. The smallest absolute Gasteiger partial charge is 0.262 e. The van der Waals surface area contributed by atoms with Crippen LogP contribution in [0.5, 0.6) is 0 Å². The van der Waals surface area contributed by atoms with Crippen molar-refractivity contribution in [3.8, 4) is 0 Å². The van der Waals surface area contributed by atoms with E-state index in [0.29, 0.717) is 15.2 Å². The highest BCUT2D eigenvalue weighted by Gasteiger charge is 2.17. The lowest BCUT2D eigenvalue weighted by Gasteiger charge is -2.10. The van der Waals surface area contributed by atoms with Crippen molar-refractivity contribution in [2.24, 2.45) is 0 Å². The normalized spacial score (nSPS) is 11.4. The van der Waals surface area contributed by atoms with Gasteiger partial charge in [-0.3, -0.25) is 4.72 Å². The maximum atomic E-state index is 13.4. The van der Waals surface area contributed by atoms with Gasteiger partial charge < -0.3 is 0 Å². The molecule has 0 aromatic heterocycles. The van der Waals surface area contributed by atoms with Crippen LogP contribution in [0.25, 0.3) is 0 Å². The minimum atomic E-state index is -3.87. The van der Waals surface area contributed by atoms with Gasteiger partial charge in [-0.2, -0.15) is 0 Å². The average Bonchev–Trinajstić information content (AvgIpc) is 2.36. The van der Waals surface area contributed by atoms with E-state index < -0.39 is 15.8 Å². The van der Waals surface area contributed by atoms with E-state index in [1.807, 2.05) is 0 Å². The zero-order chi connectivity index (χ0) is 14.9. The fourth-order valence-corrected chi connectivity index (χ4v) is 3.67. The van der Waals surface area contributed by atoms with Crippen molar-refractivity contribution in [3.63, 3.8) is 0 Å². The Morgan fingerprint density at radius 3 is 2.35 bits per heavy atom. The summed E-state index contributed by atoms with van der Waals surface area (Å²) in [5, 5.41) is 0.467. The molecule has 8 heteroatoms. The Hall–Kier alpha value is -0.630. The third kappa shape index (κ3) is 3.52. The number of benzene rings is 2. The molecule has 1 N–H and O–H groups in total. The second kappa shape index (κ2) is 6.01. The fraction of sp³-hybridized carbons (Fsp3) is 0. The first-order valence-corrected chi connectivity index (χ1v) is 8.67. The highest BCUT2D eigenvalue weighted by atomic mass is 79.9. The molecule has 0 aliphatic carbocycles. The first kappa shape index (κ1) is 15.8.